The number of nitrogens with zero attached hydrogens (tertiary/aromatic N) is 6. The van der Waals surface area contributed by atoms with Crippen LogP contribution < -0.4 is 4.90 Å². The molecule has 3 aromatic carbocycles. The fourth-order valence-corrected chi connectivity index (χ4v) is 2.95. The Morgan fingerprint density at radius 1 is 0.943 bits per heavy atom. The molecule has 0 N–H and O–H groups in total. The minimum absolute atomic E-state index is 0.284. The van der Waals surface area contributed by atoms with Crippen LogP contribution in [0.15, 0.2) is 99.3 Å². The van der Waals surface area contributed by atoms with Crippen molar-refractivity contribution in [1.82, 2.24) is 0 Å². The molecular weight excluding hydrogens is 440 g/mol. The fraction of sp³-hybridized carbons (Fsp3) is 0.185. The van der Waals surface area contributed by atoms with E-state index >= 15 is 0 Å². The van der Waals surface area contributed by atoms with E-state index < -0.39 is 0 Å². The van der Waals surface area contributed by atoms with Crippen LogP contribution in [0.1, 0.15) is 18.1 Å². The summed E-state index contributed by atoms with van der Waals surface area (Å²) in [6.07, 6.45) is 0. The Morgan fingerprint density at radius 2 is 1.51 bits per heavy atom. The molecule has 176 valence electrons. The number of carbonyl (C=O) groups excluding carboxylic acids is 1. The van der Waals surface area contributed by atoms with Crippen molar-refractivity contribution < 1.29 is 9.53 Å². The molecule has 0 aromatic heterocycles. The van der Waals surface area contributed by atoms with Crippen molar-refractivity contribution in [2.24, 2.45) is 20.5 Å². The standard InChI is InChI=1S/C27H26N6O2/c1-19(2)27(34)35-16-15-33(4)25-12-9-23(10-13-25)30-32-26-14-11-24(17-20(26)3)31-29-22-7-5-21(18-28)6-8-22/h5-14,17H,1,15-16H2,2-4H3/b31-29+,32-30+. The minimum Gasteiger partial charge on any atom is -0.460 e. The molecule has 0 spiro atoms. The van der Waals surface area contributed by atoms with Crippen LogP contribution in [0.25, 0.3) is 0 Å². The van der Waals surface area contributed by atoms with Crippen LogP contribution in [0.5, 0.6) is 0 Å². The first-order valence-electron chi connectivity index (χ1n) is 10.9. The maximum absolute atomic E-state index is 11.5. The third-order valence-electron chi connectivity index (χ3n) is 5.03. The van der Waals surface area contributed by atoms with Crippen molar-refractivity contribution in [3.63, 3.8) is 0 Å². The summed E-state index contributed by atoms with van der Waals surface area (Å²) in [4.78, 5) is 13.5. The number of anilines is 1. The Kier molecular flexibility index (Phi) is 8.57. The quantitative estimate of drug-likeness (QED) is 0.188. The largest absolute Gasteiger partial charge is 0.460 e. The molecule has 3 aromatic rings. The molecular formula is C27H26N6O2. The third kappa shape index (κ3) is 7.44. The number of carbonyl (C=O) groups is 1. The lowest BCUT2D eigenvalue weighted by Gasteiger charge is -2.19. The van der Waals surface area contributed by atoms with Crippen LogP contribution in [-0.4, -0.2) is 26.2 Å². The van der Waals surface area contributed by atoms with Gasteiger partial charge in [0.05, 0.1) is 40.9 Å². The molecule has 0 unspecified atom stereocenters. The van der Waals surface area contributed by atoms with Gasteiger partial charge in [0, 0.05) is 18.3 Å². The Labute approximate surface area is 204 Å². The summed E-state index contributed by atoms with van der Waals surface area (Å²) < 4.78 is 5.14. The number of nitriles is 1. The van der Waals surface area contributed by atoms with Crippen LogP contribution in [0.2, 0.25) is 0 Å². The van der Waals surface area contributed by atoms with Crippen LogP contribution in [0.3, 0.4) is 0 Å². The van der Waals surface area contributed by atoms with E-state index in [2.05, 4.69) is 33.1 Å². The predicted octanol–water partition coefficient (Wildman–Crippen LogP) is 7.25. The van der Waals surface area contributed by atoms with Gasteiger partial charge < -0.3 is 9.64 Å². The van der Waals surface area contributed by atoms with Gasteiger partial charge in [-0.2, -0.15) is 25.7 Å². The molecule has 8 nitrogen and oxygen atoms in total. The summed E-state index contributed by atoms with van der Waals surface area (Å²) in [6, 6.07) is 22.2. The molecule has 0 amide bonds. The zero-order valence-corrected chi connectivity index (χ0v) is 20.0. The molecule has 0 saturated heterocycles. The summed E-state index contributed by atoms with van der Waals surface area (Å²) >= 11 is 0. The first-order valence-corrected chi connectivity index (χ1v) is 10.9. The third-order valence-corrected chi connectivity index (χ3v) is 5.03. The maximum Gasteiger partial charge on any atom is 0.333 e. The summed E-state index contributed by atoms with van der Waals surface area (Å²) in [5.41, 5.74) is 5.70. The molecule has 0 aliphatic heterocycles. The lowest BCUT2D eigenvalue weighted by molar-refractivity contribution is -0.138. The van der Waals surface area contributed by atoms with Crippen molar-refractivity contribution >= 4 is 34.4 Å². The SMILES string of the molecule is C=C(C)C(=O)OCCN(C)c1ccc(/N=N/c2ccc(/N=N/c3ccc(C#N)cc3)cc2C)cc1. The lowest BCUT2D eigenvalue weighted by Crippen LogP contribution is -2.23. The number of hydrogen-bond donors (Lipinski definition) is 0. The molecule has 0 aliphatic rings. The number of benzene rings is 3. The second-order valence-electron chi connectivity index (χ2n) is 7.88. The van der Waals surface area contributed by atoms with Crippen LogP contribution in [-0.2, 0) is 9.53 Å². The van der Waals surface area contributed by atoms with Gasteiger partial charge in [0.25, 0.3) is 0 Å². The van der Waals surface area contributed by atoms with E-state index in [4.69, 9.17) is 10.00 Å². The highest BCUT2D eigenvalue weighted by molar-refractivity contribution is 5.86. The van der Waals surface area contributed by atoms with Crippen LogP contribution in [0, 0.1) is 18.3 Å². The highest BCUT2D eigenvalue weighted by Crippen LogP contribution is 2.28. The van der Waals surface area contributed by atoms with E-state index in [1.54, 1.807) is 31.2 Å². The van der Waals surface area contributed by atoms with Gasteiger partial charge in [-0.3, -0.25) is 0 Å². The van der Waals surface area contributed by atoms with E-state index in [0.29, 0.717) is 29.1 Å². The molecule has 0 saturated carbocycles. The molecule has 3 rings (SSSR count). The molecule has 0 radical (unpaired) electrons. The van der Waals surface area contributed by atoms with Gasteiger partial charge in [0.15, 0.2) is 0 Å². The van der Waals surface area contributed by atoms with Crippen molar-refractivity contribution in [3.05, 3.63) is 90.0 Å². The second kappa shape index (κ2) is 12.0. The minimum atomic E-state index is -0.383. The van der Waals surface area contributed by atoms with Gasteiger partial charge in [-0.1, -0.05) is 6.58 Å². The van der Waals surface area contributed by atoms with Crippen LogP contribution in [0.4, 0.5) is 28.4 Å². The van der Waals surface area contributed by atoms with Gasteiger partial charge in [-0.25, -0.2) is 4.79 Å². The van der Waals surface area contributed by atoms with E-state index in [1.807, 2.05) is 61.3 Å². The fourth-order valence-electron chi connectivity index (χ4n) is 2.95. The second-order valence-corrected chi connectivity index (χ2v) is 7.88. The van der Waals surface area contributed by atoms with Crippen LogP contribution >= 0.6 is 0 Å². The summed E-state index contributed by atoms with van der Waals surface area (Å²) in [7, 11) is 1.93. The van der Waals surface area contributed by atoms with E-state index in [1.165, 1.54) is 0 Å². The van der Waals surface area contributed by atoms with E-state index in [-0.39, 0.29) is 12.6 Å². The van der Waals surface area contributed by atoms with Crippen molar-refractivity contribution in [2.75, 3.05) is 25.1 Å². The van der Waals surface area contributed by atoms with E-state index in [9.17, 15) is 4.79 Å². The smallest absolute Gasteiger partial charge is 0.333 e. The van der Waals surface area contributed by atoms with Gasteiger partial charge in [-0.15, -0.1) is 0 Å². The number of esters is 1. The van der Waals surface area contributed by atoms with Crippen molar-refractivity contribution in [3.8, 4) is 6.07 Å². The first kappa shape index (κ1) is 25.0. The summed E-state index contributed by atoms with van der Waals surface area (Å²) in [5.74, 6) is -0.383. The molecule has 0 heterocycles. The highest BCUT2D eigenvalue weighted by atomic mass is 16.5. The molecule has 0 atom stereocenters. The first-order chi connectivity index (χ1) is 16.9. The van der Waals surface area contributed by atoms with Crippen molar-refractivity contribution in [1.29, 1.82) is 5.26 Å². The monoisotopic (exact) mass is 466 g/mol. The van der Waals surface area contributed by atoms with Gasteiger partial charge >= 0.3 is 5.97 Å². The van der Waals surface area contributed by atoms with Gasteiger partial charge in [-0.05, 0) is 86.1 Å². The molecule has 0 fully saturated rings. The molecule has 0 aliphatic carbocycles. The zero-order valence-electron chi connectivity index (χ0n) is 20.0. The number of likely N-dealkylation sites (N-methyl/N-ethyl adjacent to an activating group) is 1. The summed E-state index contributed by atoms with van der Waals surface area (Å²) in [5, 5.41) is 26.0. The molecule has 8 heteroatoms. The maximum atomic E-state index is 11.5. The normalized spacial score (nSPS) is 10.9. The number of aryl methyl sites for hydroxylation is 1. The summed E-state index contributed by atoms with van der Waals surface area (Å²) in [6.45, 7) is 7.98. The Hall–Kier alpha value is -4.64. The van der Waals surface area contributed by atoms with Crippen molar-refractivity contribution in [2.45, 2.75) is 13.8 Å². The molecule has 35 heavy (non-hydrogen) atoms. The average Bonchev–Trinajstić information content (AvgIpc) is 2.87. The van der Waals surface area contributed by atoms with Gasteiger partial charge in [0.2, 0.25) is 0 Å². The van der Waals surface area contributed by atoms with Gasteiger partial charge in [0.1, 0.15) is 6.61 Å². The molecule has 0 bridgehead atoms. The number of hydrogen-bond acceptors (Lipinski definition) is 8. The predicted molar refractivity (Wildman–Crippen MR) is 136 cm³/mol. The highest BCUT2D eigenvalue weighted by Gasteiger charge is 2.06. The lowest BCUT2D eigenvalue weighted by atomic mass is 10.2. The topological polar surface area (TPSA) is 103 Å². The number of azo groups is 2. The number of rotatable bonds is 9. The van der Waals surface area contributed by atoms with E-state index in [0.717, 1.165) is 22.6 Å². The Morgan fingerprint density at radius 3 is 2.11 bits per heavy atom. The Balaban J connectivity index is 1.58. The average molecular weight is 467 g/mol. The Bertz CT molecular complexity index is 1290. The number of ether oxygens (including phenoxy) is 1. The zero-order chi connectivity index (χ0) is 25.2.